The van der Waals surface area contributed by atoms with Gasteiger partial charge in [-0.3, -0.25) is 19.2 Å². The Morgan fingerprint density at radius 1 is 0.867 bits per heavy atom. The Morgan fingerprint density at radius 2 is 1.43 bits per heavy atom. The van der Waals surface area contributed by atoms with Crippen molar-refractivity contribution in [2.24, 2.45) is 23.2 Å². The summed E-state index contributed by atoms with van der Waals surface area (Å²) in [6.45, 7) is 14.4. The van der Waals surface area contributed by atoms with Crippen LogP contribution in [0.15, 0.2) is 0 Å². The number of aliphatic carboxylic acids is 1. The van der Waals surface area contributed by atoms with E-state index >= 15 is 0 Å². The maximum absolute atomic E-state index is 12.9. The van der Waals surface area contributed by atoms with Crippen molar-refractivity contribution in [2.45, 2.75) is 99.6 Å². The van der Waals surface area contributed by atoms with Crippen LogP contribution in [-0.4, -0.2) is 40.8 Å². The standard InChI is InChI=1S/C23H42N2O5/c1-14(2)11-9-10-12-18(26)25-19(16(5)6)21(28)24-17(13-15(3)4)20(27)23(7,8)22(29)30/h14-17,19H,9-13H2,1-8H3,(H,24,28)(H,25,26)(H,29,30)/t17-,19-/m0/s1. The Morgan fingerprint density at radius 3 is 1.87 bits per heavy atom. The third kappa shape index (κ3) is 9.72. The third-order valence-electron chi connectivity index (χ3n) is 5.19. The molecule has 0 unspecified atom stereocenters. The van der Waals surface area contributed by atoms with Crippen LogP contribution in [0.4, 0.5) is 0 Å². The molecule has 7 heteroatoms. The summed E-state index contributed by atoms with van der Waals surface area (Å²) in [7, 11) is 0. The lowest BCUT2D eigenvalue weighted by atomic mass is 9.81. The molecule has 0 fully saturated rings. The van der Waals surface area contributed by atoms with E-state index in [2.05, 4.69) is 24.5 Å². The highest BCUT2D eigenvalue weighted by atomic mass is 16.4. The Hall–Kier alpha value is -1.92. The van der Waals surface area contributed by atoms with E-state index in [1.54, 1.807) is 0 Å². The first kappa shape index (κ1) is 28.1. The van der Waals surface area contributed by atoms with Gasteiger partial charge >= 0.3 is 5.97 Å². The molecule has 0 aliphatic heterocycles. The molecule has 0 saturated carbocycles. The number of carbonyl (C=O) groups is 4. The van der Waals surface area contributed by atoms with E-state index in [0.29, 0.717) is 18.8 Å². The minimum atomic E-state index is -1.61. The zero-order chi connectivity index (χ0) is 23.6. The number of ketones is 1. The van der Waals surface area contributed by atoms with Crippen molar-refractivity contribution in [3.63, 3.8) is 0 Å². The van der Waals surface area contributed by atoms with Gasteiger partial charge in [-0.05, 0) is 44.4 Å². The summed E-state index contributed by atoms with van der Waals surface area (Å²) in [4.78, 5) is 49.6. The van der Waals surface area contributed by atoms with E-state index in [9.17, 15) is 24.3 Å². The second kappa shape index (κ2) is 12.7. The summed E-state index contributed by atoms with van der Waals surface area (Å²) in [5.41, 5.74) is -1.61. The number of carboxylic acid groups (broad SMARTS) is 1. The lowest BCUT2D eigenvalue weighted by molar-refractivity contribution is -0.154. The first-order chi connectivity index (χ1) is 13.7. The molecule has 7 nitrogen and oxygen atoms in total. The Bertz CT molecular complexity index is 596. The number of unbranched alkanes of at least 4 members (excludes halogenated alkanes) is 1. The maximum Gasteiger partial charge on any atom is 0.316 e. The number of hydrogen-bond acceptors (Lipinski definition) is 4. The van der Waals surface area contributed by atoms with Gasteiger partial charge in [0.25, 0.3) is 0 Å². The van der Waals surface area contributed by atoms with E-state index in [4.69, 9.17) is 0 Å². The fourth-order valence-corrected chi connectivity index (χ4v) is 3.12. The molecule has 0 heterocycles. The van der Waals surface area contributed by atoms with Gasteiger partial charge in [-0.15, -0.1) is 0 Å². The largest absolute Gasteiger partial charge is 0.481 e. The highest BCUT2D eigenvalue weighted by Crippen LogP contribution is 2.22. The Labute approximate surface area is 181 Å². The van der Waals surface area contributed by atoms with Gasteiger partial charge in [-0.1, -0.05) is 54.4 Å². The molecule has 2 atom stereocenters. The minimum Gasteiger partial charge on any atom is -0.481 e. The lowest BCUT2D eigenvalue weighted by Crippen LogP contribution is -2.56. The number of nitrogens with one attached hydrogen (secondary N) is 2. The van der Waals surface area contributed by atoms with Gasteiger partial charge in [-0.2, -0.15) is 0 Å². The van der Waals surface area contributed by atoms with Crippen molar-refractivity contribution in [1.29, 1.82) is 0 Å². The van der Waals surface area contributed by atoms with Gasteiger partial charge in [-0.25, -0.2) is 0 Å². The van der Waals surface area contributed by atoms with Gasteiger partial charge < -0.3 is 15.7 Å². The molecule has 0 aromatic rings. The third-order valence-corrected chi connectivity index (χ3v) is 5.19. The van der Waals surface area contributed by atoms with Crippen LogP contribution < -0.4 is 10.6 Å². The average Bonchev–Trinajstić information content (AvgIpc) is 2.60. The summed E-state index contributed by atoms with van der Waals surface area (Å²) < 4.78 is 0. The molecule has 2 amide bonds. The maximum atomic E-state index is 12.9. The van der Waals surface area contributed by atoms with Crippen LogP contribution in [0.3, 0.4) is 0 Å². The molecule has 0 radical (unpaired) electrons. The van der Waals surface area contributed by atoms with Crippen molar-refractivity contribution in [2.75, 3.05) is 0 Å². The highest BCUT2D eigenvalue weighted by molar-refractivity contribution is 6.06. The van der Waals surface area contributed by atoms with Crippen LogP contribution in [0.1, 0.15) is 87.5 Å². The van der Waals surface area contributed by atoms with E-state index in [1.807, 2.05) is 27.7 Å². The molecular weight excluding hydrogens is 384 g/mol. The Kier molecular flexibility index (Phi) is 11.9. The van der Waals surface area contributed by atoms with Crippen LogP contribution in [0, 0.1) is 23.2 Å². The van der Waals surface area contributed by atoms with Crippen molar-refractivity contribution in [1.82, 2.24) is 10.6 Å². The molecular formula is C23H42N2O5. The summed E-state index contributed by atoms with van der Waals surface area (Å²) >= 11 is 0. The number of carboxylic acids is 1. The number of rotatable bonds is 14. The second-order valence-electron chi connectivity index (χ2n) is 9.91. The van der Waals surface area contributed by atoms with Crippen LogP contribution in [-0.2, 0) is 19.2 Å². The molecule has 174 valence electrons. The average molecular weight is 427 g/mol. The molecule has 0 spiro atoms. The van der Waals surface area contributed by atoms with Crippen LogP contribution in [0.2, 0.25) is 0 Å². The van der Waals surface area contributed by atoms with Crippen LogP contribution in [0.5, 0.6) is 0 Å². The molecule has 0 bridgehead atoms. The van der Waals surface area contributed by atoms with E-state index in [-0.39, 0.29) is 17.7 Å². The quantitative estimate of drug-likeness (QED) is 0.290. The zero-order valence-electron chi connectivity index (χ0n) is 20.0. The smallest absolute Gasteiger partial charge is 0.316 e. The van der Waals surface area contributed by atoms with Crippen molar-refractivity contribution in [3.05, 3.63) is 0 Å². The van der Waals surface area contributed by atoms with Gasteiger partial charge in [0, 0.05) is 6.42 Å². The molecule has 0 saturated heterocycles. The summed E-state index contributed by atoms with van der Waals surface area (Å²) in [5, 5.41) is 14.9. The molecule has 0 aromatic carbocycles. The first-order valence-electron chi connectivity index (χ1n) is 11.1. The fraction of sp³-hybridized carbons (Fsp3) is 0.826. The van der Waals surface area contributed by atoms with Crippen LogP contribution in [0.25, 0.3) is 0 Å². The second-order valence-corrected chi connectivity index (χ2v) is 9.91. The van der Waals surface area contributed by atoms with E-state index < -0.39 is 35.2 Å². The number of amides is 2. The topological polar surface area (TPSA) is 113 Å². The summed E-state index contributed by atoms with van der Waals surface area (Å²) in [6, 6.07) is -1.70. The SMILES string of the molecule is CC(C)CCCCC(=O)N[C@H](C(=O)N[C@@H](CC(C)C)C(=O)C(C)(C)C(=O)O)C(C)C. The zero-order valence-corrected chi connectivity index (χ0v) is 20.0. The first-order valence-corrected chi connectivity index (χ1v) is 11.1. The number of hydrogen-bond donors (Lipinski definition) is 3. The van der Waals surface area contributed by atoms with Gasteiger partial charge in [0.1, 0.15) is 11.5 Å². The number of Topliss-reactive ketones (excluding diaryl/α,β-unsaturated/α-hetero) is 1. The van der Waals surface area contributed by atoms with Gasteiger partial charge in [0.2, 0.25) is 11.8 Å². The van der Waals surface area contributed by atoms with Crippen molar-refractivity contribution >= 4 is 23.6 Å². The molecule has 0 aliphatic carbocycles. The lowest BCUT2D eigenvalue weighted by Gasteiger charge is -2.29. The number of carbonyl (C=O) groups excluding carboxylic acids is 3. The monoisotopic (exact) mass is 426 g/mol. The van der Waals surface area contributed by atoms with Gasteiger partial charge in [0.05, 0.1) is 6.04 Å². The molecule has 30 heavy (non-hydrogen) atoms. The van der Waals surface area contributed by atoms with E-state index in [1.165, 1.54) is 13.8 Å². The van der Waals surface area contributed by atoms with Crippen LogP contribution >= 0.6 is 0 Å². The fourth-order valence-electron chi connectivity index (χ4n) is 3.12. The van der Waals surface area contributed by atoms with Gasteiger partial charge in [0.15, 0.2) is 5.78 Å². The summed E-state index contributed by atoms with van der Waals surface area (Å²) in [5.74, 6) is -1.92. The molecule has 3 N–H and O–H groups in total. The highest BCUT2D eigenvalue weighted by Gasteiger charge is 2.41. The normalized spacial score (nSPS) is 14.0. The predicted octanol–water partition coefficient (Wildman–Crippen LogP) is 3.55. The molecule has 0 aliphatic rings. The van der Waals surface area contributed by atoms with Crippen molar-refractivity contribution in [3.8, 4) is 0 Å². The molecule has 0 rings (SSSR count). The molecule has 0 aromatic heterocycles. The predicted molar refractivity (Wildman–Crippen MR) is 118 cm³/mol. The van der Waals surface area contributed by atoms with E-state index in [0.717, 1.165) is 19.3 Å². The summed E-state index contributed by atoms with van der Waals surface area (Å²) in [6.07, 6.45) is 3.45. The van der Waals surface area contributed by atoms with Crippen molar-refractivity contribution < 1.29 is 24.3 Å². The minimum absolute atomic E-state index is 0.0805. The Balaban J connectivity index is 5.19.